The van der Waals surface area contributed by atoms with Crippen LogP contribution in [0.4, 0.5) is 0 Å². The lowest BCUT2D eigenvalue weighted by atomic mass is 10.2. The Morgan fingerprint density at radius 2 is 1.76 bits per heavy atom. The summed E-state index contributed by atoms with van der Waals surface area (Å²) in [5, 5.41) is 0.798. The Morgan fingerprint density at radius 1 is 1.00 bits per heavy atom. The molecule has 5 nitrogen and oxygen atoms in total. The first-order chi connectivity index (χ1) is 12.0. The molecule has 0 radical (unpaired) electrons. The fourth-order valence-electron chi connectivity index (χ4n) is 2.72. The zero-order valence-corrected chi connectivity index (χ0v) is 15.2. The Kier molecular flexibility index (Phi) is 5.11. The number of hydrogen-bond donors (Lipinski definition) is 0. The predicted molar refractivity (Wildman–Crippen MR) is 99.6 cm³/mol. The van der Waals surface area contributed by atoms with Crippen molar-refractivity contribution < 1.29 is 13.2 Å². The van der Waals surface area contributed by atoms with Crippen LogP contribution in [0, 0.1) is 0 Å². The van der Waals surface area contributed by atoms with Gasteiger partial charge in [0.2, 0.25) is 0 Å². The van der Waals surface area contributed by atoms with Gasteiger partial charge in [-0.1, -0.05) is 24.3 Å². The molecule has 3 aromatic rings. The molecule has 0 atom stereocenters. The molecule has 0 saturated carbocycles. The van der Waals surface area contributed by atoms with Crippen LogP contribution >= 0.6 is 0 Å². The highest BCUT2D eigenvalue weighted by Crippen LogP contribution is 2.29. The average molecular weight is 358 g/mol. The minimum atomic E-state index is -3.62. The predicted octanol–water partition coefficient (Wildman–Crippen LogP) is 3.21. The van der Waals surface area contributed by atoms with Crippen LogP contribution < -0.4 is 4.74 Å². The molecule has 0 aliphatic rings. The number of benzene rings is 2. The van der Waals surface area contributed by atoms with Crippen LogP contribution in [-0.2, 0) is 10.0 Å². The molecule has 0 saturated heterocycles. The lowest BCUT2D eigenvalue weighted by Crippen LogP contribution is -2.15. The number of hydrogen-bond acceptors (Lipinski definition) is 4. The summed E-state index contributed by atoms with van der Waals surface area (Å²) in [5.74, 6) is 0.707. The monoisotopic (exact) mass is 358 g/mol. The smallest absolute Gasteiger partial charge is 0.268 e. The third-order valence-corrected chi connectivity index (χ3v) is 5.67. The first-order valence-corrected chi connectivity index (χ1v) is 9.62. The molecule has 1 aromatic heterocycles. The van der Waals surface area contributed by atoms with E-state index in [9.17, 15) is 8.42 Å². The van der Waals surface area contributed by atoms with Crippen molar-refractivity contribution in [2.45, 2.75) is 11.3 Å². The van der Waals surface area contributed by atoms with E-state index in [2.05, 4.69) is 4.90 Å². The van der Waals surface area contributed by atoms with Crippen molar-refractivity contribution in [2.75, 3.05) is 27.2 Å². The van der Waals surface area contributed by atoms with E-state index in [1.807, 2.05) is 26.2 Å². The van der Waals surface area contributed by atoms with E-state index < -0.39 is 10.0 Å². The second-order valence-electron chi connectivity index (χ2n) is 6.12. The van der Waals surface area contributed by atoms with Crippen LogP contribution in [-0.4, -0.2) is 44.5 Å². The van der Waals surface area contributed by atoms with Gasteiger partial charge in [-0.3, -0.25) is 0 Å². The first-order valence-electron chi connectivity index (χ1n) is 8.18. The number of ether oxygens (including phenoxy) is 1. The Hall–Kier alpha value is -2.31. The Morgan fingerprint density at radius 3 is 2.48 bits per heavy atom. The maximum Gasteiger partial charge on any atom is 0.268 e. The summed E-state index contributed by atoms with van der Waals surface area (Å²) in [7, 11) is 0.425. The summed E-state index contributed by atoms with van der Waals surface area (Å²) in [6.07, 6.45) is 2.49. The molecular weight excluding hydrogens is 336 g/mol. The Labute approximate surface area is 148 Å². The second kappa shape index (κ2) is 7.29. The van der Waals surface area contributed by atoms with Gasteiger partial charge in [0, 0.05) is 18.1 Å². The lowest BCUT2D eigenvalue weighted by molar-refractivity contribution is 0.284. The van der Waals surface area contributed by atoms with Crippen LogP contribution in [0.1, 0.15) is 6.42 Å². The second-order valence-corrected chi connectivity index (χ2v) is 7.94. The van der Waals surface area contributed by atoms with Gasteiger partial charge in [0.05, 0.1) is 17.0 Å². The third-order valence-electron chi connectivity index (χ3n) is 3.96. The molecule has 0 N–H and O–H groups in total. The highest BCUT2D eigenvalue weighted by atomic mass is 32.2. The number of fused-ring (bicyclic) bond motifs is 1. The summed E-state index contributed by atoms with van der Waals surface area (Å²) in [4.78, 5) is 2.37. The zero-order chi connectivity index (χ0) is 17.9. The molecule has 2 aromatic carbocycles. The van der Waals surface area contributed by atoms with Crippen molar-refractivity contribution in [3.05, 3.63) is 60.8 Å². The zero-order valence-electron chi connectivity index (χ0n) is 14.4. The van der Waals surface area contributed by atoms with E-state index in [0.29, 0.717) is 17.9 Å². The van der Waals surface area contributed by atoms with Crippen LogP contribution in [0.2, 0.25) is 0 Å². The van der Waals surface area contributed by atoms with Gasteiger partial charge in [-0.25, -0.2) is 12.4 Å². The molecular formula is C19H22N2O3S. The van der Waals surface area contributed by atoms with Crippen molar-refractivity contribution in [1.82, 2.24) is 8.87 Å². The minimum Gasteiger partial charge on any atom is -0.493 e. The van der Waals surface area contributed by atoms with Crippen LogP contribution in [0.25, 0.3) is 10.9 Å². The van der Waals surface area contributed by atoms with Crippen molar-refractivity contribution in [3.8, 4) is 5.75 Å². The summed E-state index contributed by atoms with van der Waals surface area (Å²) in [5.41, 5.74) is 0.619. The summed E-state index contributed by atoms with van der Waals surface area (Å²) in [6.45, 7) is 1.54. The number of aromatic nitrogens is 1. The molecule has 0 unspecified atom stereocenters. The molecule has 1 heterocycles. The highest BCUT2D eigenvalue weighted by Gasteiger charge is 2.19. The van der Waals surface area contributed by atoms with Gasteiger partial charge >= 0.3 is 0 Å². The summed E-state index contributed by atoms with van der Waals surface area (Å²) >= 11 is 0. The van der Waals surface area contributed by atoms with Gasteiger partial charge in [-0.15, -0.1) is 0 Å². The van der Waals surface area contributed by atoms with Crippen LogP contribution in [0.3, 0.4) is 0 Å². The SMILES string of the molecule is CN(C)CCCOc1cccc2c1ccn2S(=O)(=O)c1ccccc1. The lowest BCUT2D eigenvalue weighted by Gasteiger charge is -2.11. The van der Waals surface area contributed by atoms with Crippen molar-refractivity contribution in [3.63, 3.8) is 0 Å². The fraction of sp³-hybridized carbons (Fsp3) is 0.263. The number of nitrogens with zero attached hydrogens (tertiary/aromatic N) is 2. The molecule has 3 rings (SSSR count). The standard InChI is InChI=1S/C19H22N2O3S/c1-20(2)13-7-15-24-19-11-6-10-18-17(19)12-14-21(18)25(22,23)16-8-4-3-5-9-16/h3-6,8-12,14H,7,13,15H2,1-2H3. The molecule has 6 heteroatoms. The van der Waals surface area contributed by atoms with Gasteiger partial charge < -0.3 is 9.64 Å². The van der Waals surface area contributed by atoms with E-state index in [-0.39, 0.29) is 4.90 Å². The van der Waals surface area contributed by atoms with E-state index in [1.54, 1.807) is 48.7 Å². The maximum absolute atomic E-state index is 12.9. The van der Waals surface area contributed by atoms with Crippen molar-refractivity contribution >= 4 is 20.9 Å². The topological polar surface area (TPSA) is 51.5 Å². The molecule has 0 fully saturated rings. The molecule has 0 aliphatic heterocycles. The van der Waals surface area contributed by atoms with Gasteiger partial charge in [0.1, 0.15) is 5.75 Å². The van der Waals surface area contributed by atoms with E-state index in [0.717, 1.165) is 18.4 Å². The normalized spacial score (nSPS) is 12.0. The van der Waals surface area contributed by atoms with Crippen LogP contribution in [0.5, 0.6) is 5.75 Å². The minimum absolute atomic E-state index is 0.268. The Balaban J connectivity index is 1.91. The molecule has 25 heavy (non-hydrogen) atoms. The van der Waals surface area contributed by atoms with E-state index in [4.69, 9.17) is 4.74 Å². The fourth-order valence-corrected chi connectivity index (χ4v) is 4.09. The first kappa shape index (κ1) is 17.5. The maximum atomic E-state index is 12.9. The van der Waals surface area contributed by atoms with E-state index in [1.165, 1.54) is 3.97 Å². The molecule has 0 bridgehead atoms. The van der Waals surface area contributed by atoms with Gasteiger partial charge in [-0.05, 0) is 50.8 Å². The summed E-state index contributed by atoms with van der Waals surface area (Å²) in [6, 6.07) is 15.7. The number of rotatable bonds is 7. The molecule has 0 spiro atoms. The van der Waals surface area contributed by atoms with Crippen molar-refractivity contribution in [2.24, 2.45) is 0 Å². The van der Waals surface area contributed by atoms with Gasteiger partial charge in [-0.2, -0.15) is 0 Å². The summed E-state index contributed by atoms with van der Waals surface area (Å²) < 4.78 is 32.9. The largest absolute Gasteiger partial charge is 0.493 e. The molecule has 132 valence electrons. The third kappa shape index (κ3) is 3.70. The Bertz CT molecular complexity index is 947. The van der Waals surface area contributed by atoms with Gasteiger partial charge in [0.25, 0.3) is 10.0 Å². The van der Waals surface area contributed by atoms with Gasteiger partial charge in [0.15, 0.2) is 0 Å². The quantitative estimate of drug-likeness (QED) is 0.609. The average Bonchev–Trinajstić information content (AvgIpc) is 3.05. The van der Waals surface area contributed by atoms with Crippen LogP contribution in [0.15, 0.2) is 65.7 Å². The highest BCUT2D eigenvalue weighted by molar-refractivity contribution is 7.90. The van der Waals surface area contributed by atoms with Crippen molar-refractivity contribution in [1.29, 1.82) is 0 Å². The molecule has 0 aliphatic carbocycles. The molecule has 0 amide bonds. The van der Waals surface area contributed by atoms with E-state index >= 15 is 0 Å².